The molecule has 0 aliphatic carbocycles. The van der Waals surface area contributed by atoms with Crippen molar-refractivity contribution in [3.63, 3.8) is 0 Å². The normalized spacial score (nSPS) is 21.8. The Kier molecular flexibility index (Phi) is 3.78. The van der Waals surface area contributed by atoms with Gasteiger partial charge >= 0.3 is 0 Å². The van der Waals surface area contributed by atoms with Gasteiger partial charge in [-0.1, -0.05) is 61.4 Å². The van der Waals surface area contributed by atoms with Gasteiger partial charge in [-0.3, -0.25) is 0 Å². The van der Waals surface area contributed by atoms with Crippen LogP contribution in [0.1, 0.15) is 43.1 Å². The zero-order chi connectivity index (χ0) is 15.7. The van der Waals surface area contributed by atoms with E-state index in [2.05, 4.69) is 64.1 Å². The molecule has 1 atom stereocenters. The maximum Gasteiger partial charge on any atom is 0.195 e. The minimum absolute atomic E-state index is 0.0412. The average Bonchev–Trinajstić information content (AvgIpc) is 2.77. The molecule has 0 aromatic heterocycles. The molecule has 2 heteroatoms. The van der Waals surface area contributed by atoms with Gasteiger partial charge in [-0.25, -0.2) is 4.99 Å². The monoisotopic (exact) mass is 293 g/mol. The molecule has 0 bridgehead atoms. The average molecular weight is 293 g/mol. The molecule has 2 nitrogen and oxygen atoms in total. The van der Waals surface area contributed by atoms with Crippen LogP contribution in [-0.2, 0) is 4.74 Å². The number of benzene rings is 2. The third kappa shape index (κ3) is 3.06. The summed E-state index contributed by atoms with van der Waals surface area (Å²) < 4.78 is 6.19. The van der Waals surface area contributed by atoms with Crippen molar-refractivity contribution in [1.82, 2.24) is 0 Å². The highest BCUT2D eigenvalue weighted by Gasteiger charge is 2.40. The van der Waals surface area contributed by atoms with Gasteiger partial charge in [0.05, 0.1) is 5.69 Å². The lowest BCUT2D eigenvalue weighted by atomic mass is 9.87. The Morgan fingerprint density at radius 2 is 1.45 bits per heavy atom. The van der Waals surface area contributed by atoms with Crippen LogP contribution < -0.4 is 0 Å². The van der Waals surface area contributed by atoms with E-state index in [9.17, 15) is 0 Å². The molecule has 1 aliphatic heterocycles. The van der Waals surface area contributed by atoms with Gasteiger partial charge < -0.3 is 4.74 Å². The van der Waals surface area contributed by atoms with E-state index in [0.29, 0.717) is 0 Å². The van der Waals surface area contributed by atoms with Crippen LogP contribution in [0.15, 0.2) is 53.5 Å². The lowest BCUT2D eigenvalue weighted by Gasteiger charge is -2.14. The van der Waals surface area contributed by atoms with Crippen molar-refractivity contribution in [3.8, 4) is 0 Å². The van der Waals surface area contributed by atoms with Crippen LogP contribution in [0, 0.1) is 19.3 Å². The second kappa shape index (κ2) is 5.60. The third-order valence-electron chi connectivity index (χ3n) is 4.24. The number of aryl methyl sites for hydroxylation is 2. The van der Waals surface area contributed by atoms with E-state index in [4.69, 9.17) is 9.73 Å². The molecule has 1 fully saturated rings. The van der Waals surface area contributed by atoms with Crippen molar-refractivity contribution in [3.05, 3.63) is 65.2 Å². The minimum Gasteiger partial charge on any atom is -0.472 e. The van der Waals surface area contributed by atoms with Crippen molar-refractivity contribution >= 4 is 11.6 Å². The summed E-state index contributed by atoms with van der Waals surface area (Å²) in [6.45, 7) is 8.59. The molecule has 1 unspecified atom stereocenters. The molecule has 0 spiro atoms. The SMILES string of the molecule is Cc1ccc(N=C2OC(c3ccc(C)cc3)CC2(C)C)cc1. The molecule has 114 valence electrons. The molecule has 1 saturated heterocycles. The molecule has 2 aromatic carbocycles. The zero-order valence-corrected chi connectivity index (χ0v) is 13.8. The highest BCUT2D eigenvalue weighted by molar-refractivity contribution is 5.86. The molecule has 0 saturated carbocycles. The van der Waals surface area contributed by atoms with E-state index in [1.165, 1.54) is 16.7 Å². The largest absolute Gasteiger partial charge is 0.472 e. The number of rotatable bonds is 2. The molecule has 0 amide bonds. The fourth-order valence-electron chi connectivity index (χ4n) is 2.77. The third-order valence-corrected chi connectivity index (χ3v) is 4.24. The lowest BCUT2D eigenvalue weighted by Crippen LogP contribution is -2.17. The van der Waals surface area contributed by atoms with Crippen molar-refractivity contribution in [1.29, 1.82) is 0 Å². The molecular weight excluding hydrogens is 270 g/mol. The van der Waals surface area contributed by atoms with E-state index in [1.807, 2.05) is 12.1 Å². The molecule has 0 radical (unpaired) electrons. The van der Waals surface area contributed by atoms with E-state index < -0.39 is 0 Å². The number of hydrogen-bond acceptors (Lipinski definition) is 2. The molecule has 3 rings (SSSR count). The predicted octanol–water partition coefficient (Wildman–Crippen LogP) is 5.52. The fourth-order valence-corrected chi connectivity index (χ4v) is 2.77. The molecule has 1 aliphatic rings. The summed E-state index contributed by atoms with van der Waals surface area (Å²) in [5, 5.41) is 0. The Bertz CT molecular complexity index is 681. The van der Waals surface area contributed by atoms with Crippen molar-refractivity contribution in [2.24, 2.45) is 10.4 Å². The summed E-state index contributed by atoms with van der Waals surface area (Å²) in [6, 6.07) is 16.8. The van der Waals surface area contributed by atoms with Gasteiger partial charge in [0.25, 0.3) is 0 Å². The summed E-state index contributed by atoms with van der Waals surface area (Å²) in [7, 11) is 0. The summed E-state index contributed by atoms with van der Waals surface area (Å²) in [6.07, 6.45) is 1.06. The quantitative estimate of drug-likeness (QED) is 0.714. The Morgan fingerprint density at radius 1 is 0.909 bits per heavy atom. The maximum atomic E-state index is 6.19. The second-order valence-electron chi connectivity index (χ2n) is 6.86. The number of nitrogens with zero attached hydrogens (tertiary/aromatic N) is 1. The number of hydrogen-bond donors (Lipinski definition) is 0. The Labute approximate surface area is 132 Å². The smallest absolute Gasteiger partial charge is 0.195 e. The van der Waals surface area contributed by atoms with Crippen LogP contribution in [0.4, 0.5) is 5.69 Å². The fraction of sp³-hybridized carbons (Fsp3) is 0.350. The first-order chi connectivity index (χ1) is 10.4. The van der Waals surface area contributed by atoms with E-state index in [-0.39, 0.29) is 11.5 Å². The summed E-state index contributed by atoms with van der Waals surface area (Å²) in [4.78, 5) is 4.74. The number of aliphatic imine (C=N–C) groups is 1. The van der Waals surface area contributed by atoms with Crippen molar-refractivity contribution in [2.75, 3.05) is 0 Å². The van der Waals surface area contributed by atoms with Gasteiger partial charge in [-0.2, -0.15) is 0 Å². The van der Waals surface area contributed by atoms with Gasteiger partial charge in [0.1, 0.15) is 6.10 Å². The number of ether oxygens (including phenoxy) is 1. The van der Waals surface area contributed by atoms with Gasteiger partial charge in [0, 0.05) is 11.8 Å². The standard InChI is InChI=1S/C20H23NO/c1-14-5-9-16(10-6-14)18-13-20(3,4)19(22-18)21-17-11-7-15(2)8-12-17/h5-12,18H,13H2,1-4H3. The van der Waals surface area contributed by atoms with Crippen molar-refractivity contribution in [2.45, 2.75) is 40.2 Å². The first-order valence-electron chi connectivity index (χ1n) is 7.83. The van der Waals surface area contributed by atoms with Crippen LogP contribution in [0.5, 0.6) is 0 Å². The first kappa shape index (κ1) is 14.8. The van der Waals surface area contributed by atoms with Gasteiger partial charge in [0.15, 0.2) is 5.90 Å². The maximum absolute atomic E-state index is 6.19. The van der Waals surface area contributed by atoms with Gasteiger partial charge in [0.2, 0.25) is 0 Å². The van der Waals surface area contributed by atoms with Crippen LogP contribution in [0.25, 0.3) is 0 Å². The molecule has 2 aromatic rings. The summed E-state index contributed by atoms with van der Waals surface area (Å²) >= 11 is 0. The van der Waals surface area contributed by atoms with Crippen LogP contribution in [0.3, 0.4) is 0 Å². The van der Waals surface area contributed by atoms with E-state index in [1.54, 1.807) is 0 Å². The molecular formula is C20H23NO. The van der Waals surface area contributed by atoms with Crippen LogP contribution in [0.2, 0.25) is 0 Å². The molecule has 0 N–H and O–H groups in total. The van der Waals surface area contributed by atoms with Crippen LogP contribution in [-0.4, -0.2) is 5.90 Å². The first-order valence-corrected chi connectivity index (χ1v) is 7.83. The van der Waals surface area contributed by atoms with Gasteiger partial charge in [-0.15, -0.1) is 0 Å². The summed E-state index contributed by atoms with van der Waals surface area (Å²) in [5.41, 5.74) is 4.66. The minimum atomic E-state index is -0.0412. The highest BCUT2D eigenvalue weighted by atomic mass is 16.5. The van der Waals surface area contributed by atoms with Crippen LogP contribution >= 0.6 is 0 Å². The van der Waals surface area contributed by atoms with Gasteiger partial charge in [-0.05, 0) is 31.5 Å². The molecule has 22 heavy (non-hydrogen) atoms. The Hall–Kier alpha value is -2.09. The topological polar surface area (TPSA) is 21.6 Å². The van der Waals surface area contributed by atoms with E-state index >= 15 is 0 Å². The molecule has 1 heterocycles. The Balaban J connectivity index is 1.86. The lowest BCUT2D eigenvalue weighted by molar-refractivity contribution is 0.221. The predicted molar refractivity (Wildman–Crippen MR) is 91.7 cm³/mol. The van der Waals surface area contributed by atoms with Crippen molar-refractivity contribution < 1.29 is 4.74 Å². The zero-order valence-electron chi connectivity index (χ0n) is 13.8. The summed E-state index contributed by atoms with van der Waals surface area (Å²) in [5.74, 6) is 0.835. The second-order valence-corrected chi connectivity index (χ2v) is 6.86. The van der Waals surface area contributed by atoms with E-state index in [0.717, 1.165) is 18.0 Å². The Morgan fingerprint density at radius 3 is 2.05 bits per heavy atom. The highest BCUT2D eigenvalue weighted by Crippen LogP contribution is 2.43.